The molecule has 0 saturated carbocycles. The lowest BCUT2D eigenvalue weighted by molar-refractivity contribution is -0.113. The molecule has 0 spiro atoms. The number of hydrogen-bond donors (Lipinski definition) is 2. The number of H-pyrrole nitrogens is 1. The van der Waals surface area contributed by atoms with Crippen molar-refractivity contribution in [2.24, 2.45) is 0 Å². The molecular formula is C18H15FN2O2S. The van der Waals surface area contributed by atoms with Crippen LogP contribution in [-0.2, 0) is 4.79 Å². The summed E-state index contributed by atoms with van der Waals surface area (Å²) in [6.07, 6.45) is 0. The molecule has 3 rings (SSSR count). The molecule has 3 aromatic rings. The summed E-state index contributed by atoms with van der Waals surface area (Å²) < 4.78 is 12.8. The lowest BCUT2D eigenvalue weighted by atomic mass is 10.1. The molecule has 1 amide bonds. The zero-order chi connectivity index (χ0) is 17.1. The van der Waals surface area contributed by atoms with Crippen molar-refractivity contribution in [1.82, 2.24) is 4.98 Å². The van der Waals surface area contributed by atoms with Gasteiger partial charge in [0.1, 0.15) is 5.82 Å². The van der Waals surface area contributed by atoms with Crippen molar-refractivity contribution in [2.45, 2.75) is 11.8 Å². The van der Waals surface area contributed by atoms with Crippen LogP contribution in [0.25, 0.3) is 10.9 Å². The molecule has 122 valence electrons. The monoisotopic (exact) mass is 342 g/mol. The molecule has 0 unspecified atom stereocenters. The minimum Gasteiger partial charge on any atom is -0.325 e. The Morgan fingerprint density at radius 1 is 1.17 bits per heavy atom. The zero-order valence-electron chi connectivity index (χ0n) is 12.9. The average Bonchev–Trinajstić information content (AvgIpc) is 2.54. The van der Waals surface area contributed by atoms with E-state index >= 15 is 0 Å². The fourth-order valence-corrected chi connectivity index (χ4v) is 3.09. The van der Waals surface area contributed by atoms with Crippen LogP contribution >= 0.6 is 11.8 Å². The Kier molecular flexibility index (Phi) is 4.66. The lowest BCUT2D eigenvalue weighted by Crippen LogP contribution is -2.14. The molecule has 0 aliphatic rings. The van der Waals surface area contributed by atoms with Crippen LogP contribution < -0.4 is 10.9 Å². The van der Waals surface area contributed by atoms with Gasteiger partial charge >= 0.3 is 0 Å². The molecule has 2 N–H and O–H groups in total. The first-order chi connectivity index (χ1) is 11.5. The molecule has 2 aromatic carbocycles. The highest BCUT2D eigenvalue weighted by Gasteiger charge is 2.06. The summed E-state index contributed by atoms with van der Waals surface area (Å²) in [6, 6.07) is 12.9. The molecule has 0 saturated heterocycles. The van der Waals surface area contributed by atoms with Crippen LogP contribution in [0.3, 0.4) is 0 Å². The van der Waals surface area contributed by atoms with Crippen LogP contribution in [0.4, 0.5) is 10.1 Å². The number of aromatic nitrogens is 1. The summed E-state index contributed by atoms with van der Waals surface area (Å²) in [4.78, 5) is 27.2. The number of carbonyl (C=O) groups excluding carboxylic acids is 1. The highest BCUT2D eigenvalue weighted by atomic mass is 32.2. The first-order valence-corrected chi connectivity index (χ1v) is 8.32. The van der Waals surface area contributed by atoms with E-state index in [1.807, 2.05) is 13.0 Å². The molecular weight excluding hydrogens is 327 g/mol. The van der Waals surface area contributed by atoms with Crippen molar-refractivity contribution in [1.29, 1.82) is 0 Å². The van der Waals surface area contributed by atoms with Crippen molar-refractivity contribution in [3.05, 3.63) is 70.3 Å². The predicted octanol–water partition coefficient (Wildman–Crippen LogP) is 3.71. The van der Waals surface area contributed by atoms with Crippen LogP contribution in [0, 0.1) is 12.7 Å². The van der Waals surface area contributed by atoms with E-state index in [1.165, 1.54) is 23.9 Å². The maximum absolute atomic E-state index is 12.8. The van der Waals surface area contributed by atoms with E-state index in [-0.39, 0.29) is 23.0 Å². The van der Waals surface area contributed by atoms with Gasteiger partial charge in [0, 0.05) is 22.0 Å². The number of halogens is 1. The number of thioether (sulfide) groups is 1. The number of benzene rings is 2. The topological polar surface area (TPSA) is 62.0 Å². The molecule has 4 nitrogen and oxygen atoms in total. The van der Waals surface area contributed by atoms with Crippen LogP contribution in [0.1, 0.15) is 5.56 Å². The largest absolute Gasteiger partial charge is 0.325 e. The Hall–Kier alpha value is -2.60. The summed E-state index contributed by atoms with van der Waals surface area (Å²) in [6.45, 7) is 1.87. The summed E-state index contributed by atoms with van der Waals surface area (Å²) in [5.41, 5.74) is 2.02. The standard InChI is InChI=1S/C18H15FN2O2S/c1-11-8-17(22)21-16-9-13(4-7-15(11)16)20-18(23)10-24-14-5-2-12(19)3-6-14/h2-9H,10H2,1H3,(H,20,23)(H,21,22). The van der Waals surface area contributed by atoms with Crippen LogP contribution in [0.15, 0.2) is 58.2 Å². The Bertz CT molecular complexity index is 951. The van der Waals surface area contributed by atoms with E-state index < -0.39 is 0 Å². The van der Waals surface area contributed by atoms with Gasteiger partial charge in [0.25, 0.3) is 0 Å². The van der Waals surface area contributed by atoms with E-state index in [0.717, 1.165) is 15.8 Å². The highest BCUT2D eigenvalue weighted by Crippen LogP contribution is 2.21. The Morgan fingerprint density at radius 2 is 1.92 bits per heavy atom. The Balaban J connectivity index is 1.69. The normalized spacial score (nSPS) is 10.8. The third kappa shape index (κ3) is 3.83. The smallest absolute Gasteiger partial charge is 0.248 e. The van der Waals surface area contributed by atoms with Gasteiger partial charge < -0.3 is 10.3 Å². The van der Waals surface area contributed by atoms with E-state index in [0.29, 0.717) is 11.2 Å². The van der Waals surface area contributed by atoms with Gasteiger partial charge in [-0.15, -0.1) is 11.8 Å². The number of hydrogen-bond acceptors (Lipinski definition) is 3. The second kappa shape index (κ2) is 6.88. The number of fused-ring (bicyclic) bond motifs is 1. The SMILES string of the molecule is Cc1cc(=O)[nH]c2cc(NC(=O)CSc3ccc(F)cc3)ccc12. The van der Waals surface area contributed by atoms with Gasteiger partial charge in [-0.05, 0) is 48.9 Å². The molecule has 0 bridgehead atoms. The first-order valence-electron chi connectivity index (χ1n) is 7.33. The third-order valence-electron chi connectivity index (χ3n) is 3.52. The Labute approximate surface area is 142 Å². The van der Waals surface area contributed by atoms with Crippen LogP contribution in [0.2, 0.25) is 0 Å². The van der Waals surface area contributed by atoms with Gasteiger partial charge in [0.2, 0.25) is 11.5 Å². The van der Waals surface area contributed by atoms with Crippen molar-refractivity contribution in [3.8, 4) is 0 Å². The number of pyridine rings is 1. The minimum atomic E-state index is -0.302. The van der Waals surface area contributed by atoms with Gasteiger partial charge in [-0.3, -0.25) is 9.59 Å². The summed E-state index contributed by atoms with van der Waals surface area (Å²) in [7, 11) is 0. The molecule has 0 radical (unpaired) electrons. The van der Waals surface area contributed by atoms with Crippen molar-refractivity contribution in [3.63, 3.8) is 0 Å². The third-order valence-corrected chi connectivity index (χ3v) is 4.53. The maximum atomic E-state index is 12.8. The quantitative estimate of drug-likeness (QED) is 0.711. The van der Waals surface area contributed by atoms with E-state index in [2.05, 4.69) is 10.3 Å². The minimum absolute atomic E-state index is 0.168. The number of aryl methyl sites for hydroxylation is 1. The fraction of sp³-hybridized carbons (Fsp3) is 0.111. The van der Waals surface area contributed by atoms with E-state index in [9.17, 15) is 14.0 Å². The Morgan fingerprint density at radius 3 is 2.67 bits per heavy atom. The molecule has 0 aliphatic heterocycles. The second-order valence-corrected chi connectivity index (χ2v) is 6.42. The average molecular weight is 342 g/mol. The first kappa shape index (κ1) is 16.3. The summed E-state index contributed by atoms with van der Waals surface area (Å²) >= 11 is 1.33. The van der Waals surface area contributed by atoms with Gasteiger partial charge in [-0.1, -0.05) is 6.07 Å². The number of anilines is 1. The molecule has 0 fully saturated rings. The number of rotatable bonds is 4. The molecule has 0 atom stereocenters. The predicted molar refractivity (Wildman–Crippen MR) is 95.1 cm³/mol. The highest BCUT2D eigenvalue weighted by molar-refractivity contribution is 8.00. The number of amides is 1. The molecule has 1 heterocycles. The molecule has 1 aromatic heterocycles. The van der Waals surface area contributed by atoms with Crippen molar-refractivity contribution >= 4 is 34.3 Å². The molecule has 24 heavy (non-hydrogen) atoms. The van der Waals surface area contributed by atoms with Crippen LogP contribution in [0.5, 0.6) is 0 Å². The van der Waals surface area contributed by atoms with Gasteiger partial charge in [-0.25, -0.2) is 4.39 Å². The number of aromatic amines is 1. The van der Waals surface area contributed by atoms with Crippen molar-refractivity contribution < 1.29 is 9.18 Å². The van der Waals surface area contributed by atoms with Gasteiger partial charge in [0.05, 0.1) is 11.3 Å². The molecule has 6 heteroatoms. The van der Waals surface area contributed by atoms with Gasteiger partial charge in [0.15, 0.2) is 0 Å². The van der Waals surface area contributed by atoms with Crippen LogP contribution in [-0.4, -0.2) is 16.6 Å². The van der Waals surface area contributed by atoms with E-state index in [1.54, 1.807) is 30.3 Å². The van der Waals surface area contributed by atoms with Crippen molar-refractivity contribution in [2.75, 3.05) is 11.1 Å². The number of carbonyl (C=O) groups is 1. The number of nitrogens with one attached hydrogen (secondary N) is 2. The summed E-state index contributed by atoms with van der Waals surface area (Å²) in [5, 5.41) is 3.74. The van der Waals surface area contributed by atoms with E-state index in [4.69, 9.17) is 0 Å². The van der Waals surface area contributed by atoms with Gasteiger partial charge in [-0.2, -0.15) is 0 Å². The zero-order valence-corrected chi connectivity index (χ0v) is 13.7. The fourth-order valence-electron chi connectivity index (χ4n) is 2.39. The second-order valence-electron chi connectivity index (χ2n) is 5.37. The summed E-state index contributed by atoms with van der Waals surface area (Å²) in [5.74, 6) is -0.253. The molecule has 0 aliphatic carbocycles. The lowest BCUT2D eigenvalue weighted by Gasteiger charge is -2.08. The maximum Gasteiger partial charge on any atom is 0.248 e.